The molecule has 3 fully saturated rings. The molecule has 4 heterocycles. The van der Waals surface area contributed by atoms with Gasteiger partial charge < -0.3 is 24.3 Å². The van der Waals surface area contributed by atoms with E-state index in [4.69, 9.17) is 19.5 Å². The second-order valence-electron chi connectivity index (χ2n) is 20.5. The molecule has 8 atom stereocenters. The topological polar surface area (TPSA) is 134 Å². The van der Waals surface area contributed by atoms with Crippen LogP contribution in [0.3, 0.4) is 0 Å². The number of likely N-dealkylation sites (tertiary alicyclic amines) is 2. The standard InChI is InChI=1S/C54H65N5O6/c1-29(2)41(24-48(60)64-7)53(62)58-27-31(5)19-46(58)44-23-38-21-35(15-18-43(38)56-44)40-17-16-39(50-36-13-14-37(22-36)51(40)50)33-9-11-34(12-10-33)45-26-55-52(57-45)47-20-32(6)28-59(47)54(63)42(30(3)4)25-49(61)65-8/h9-12,15-18,21,26,29-32,36-37,41-42,46-47H,13-14,19-20,22-25,27-28H2,1-8H3,(H,55,57)/t31-,32-,36?,37?,41+,42+,46+,47?/m1/s1. The van der Waals surface area contributed by atoms with Gasteiger partial charge in [-0.2, -0.15) is 0 Å². The minimum atomic E-state index is -0.443. The third-order valence-corrected chi connectivity index (χ3v) is 15.4. The maximum Gasteiger partial charge on any atom is 0.306 e. The van der Waals surface area contributed by atoms with Crippen LogP contribution >= 0.6 is 0 Å². The Morgan fingerprint density at radius 2 is 1.22 bits per heavy atom. The van der Waals surface area contributed by atoms with E-state index in [9.17, 15) is 19.2 Å². The summed E-state index contributed by atoms with van der Waals surface area (Å²) >= 11 is 0. The summed E-state index contributed by atoms with van der Waals surface area (Å²) in [6.07, 6.45) is 8.08. The van der Waals surface area contributed by atoms with Crippen molar-refractivity contribution in [2.24, 2.45) is 40.5 Å². The molecule has 2 aliphatic carbocycles. The van der Waals surface area contributed by atoms with Gasteiger partial charge in [-0.05, 0) is 124 Å². The largest absolute Gasteiger partial charge is 0.469 e. The number of amides is 2. The Kier molecular flexibility index (Phi) is 12.4. The Hall–Kier alpha value is -5.58. The quantitative estimate of drug-likeness (QED) is 0.132. The lowest BCUT2D eigenvalue weighted by Crippen LogP contribution is -2.45. The highest BCUT2D eigenvalue weighted by Gasteiger charge is 2.44. The summed E-state index contributed by atoms with van der Waals surface area (Å²) in [6, 6.07) is 20.0. The van der Waals surface area contributed by atoms with Crippen molar-refractivity contribution < 1.29 is 28.7 Å². The van der Waals surface area contributed by atoms with E-state index in [0.29, 0.717) is 36.8 Å². The van der Waals surface area contributed by atoms with E-state index in [-0.39, 0.29) is 60.5 Å². The number of esters is 2. The number of carbonyl (C=O) groups is 4. The van der Waals surface area contributed by atoms with Crippen LogP contribution in [0.5, 0.6) is 0 Å². The maximum absolute atomic E-state index is 14.0. The number of aromatic nitrogens is 2. The predicted molar refractivity (Wildman–Crippen MR) is 252 cm³/mol. The van der Waals surface area contributed by atoms with Crippen molar-refractivity contribution in [3.63, 3.8) is 0 Å². The average molecular weight is 880 g/mol. The van der Waals surface area contributed by atoms with Crippen molar-refractivity contribution >= 4 is 35.2 Å². The fraction of sp³-hybridized carbons (Fsp3) is 0.519. The fourth-order valence-electron chi connectivity index (χ4n) is 11.9. The summed E-state index contributed by atoms with van der Waals surface area (Å²) in [5.41, 5.74) is 13.3. The van der Waals surface area contributed by atoms with Crippen LogP contribution in [0, 0.1) is 35.5 Å². The summed E-state index contributed by atoms with van der Waals surface area (Å²) in [7, 11) is 2.75. The minimum absolute atomic E-state index is 0.00312. The smallest absolute Gasteiger partial charge is 0.306 e. The van der Waals surface area contributed by atoms with E-state index in [1.54, 1.807) is 0 Å². The van der Waals surface area contributed by atoms with Gasteiger partial charge in [0.15, 0.2) is 0 Å². The Bertz CT molecular complexity index is 2520. The molecule has 1 N–H and O–H groups in total. The van der Waals surface area contributed by atoms with Gasteiger partial charge in [0.2, 0.25) is 11.8 Å². The number of hydrogen-bond acceptors (Lipinski definition) is 8. The molecule has 11 heteroatoms. The van der Waals surface area contributed by atoms with Crippen LogP contribution in [-0.2, 0) is 35.1 Å². The number of H-pyrrole nitrogens is 1. The van der Waals surface area contributed by atoms with Gasteiger partial charge in [0, 0.05) is 25.2 Å². The maximum atomic E-state index is 14.0. The van der Waals surface area contributed by atoms with Crippen molar-refractivity contribution in [3.8, 4) is 33.5 Å². The molecule has 1 aromatic heterocycles. The van der Waals surface area contributed by atoms with Crippen molar-refractivity contribution in [2.45, 2.75) is 117 Å². The van der Waals surface area contributed by atoms with E-state index in [1.807, 2.05) is 43.7 Å². The number of nitrogens with one attached hydrogen (secondary N) is 1. The van der Waals surface area contributed by atoms with Gasteiger partial charge in [0.1, 0.15) is 5.82 Å². The highest BCUT2D eigenvalue weighted by Crippen LogP contribution is 2.58. The monoisotopic (exact) mass is 879 g/mol. The third kappa shape index (κ3) is 8.44. The van der Waals surface area contributed by atoms with Gasteiger partial charge in [-0.25, -0.2) is 4.98 Å². The van der Waals surface area contributed by atoms with Gasteiger partial charge in [-0.15, -0.1) is 0 Å². The summed E-state index contributed by atoms with van der Waals surface area (Å²) in [6.45, 7) is 13.6. The van der Waals surface area contributed by atoms with Crippen LogP contribution < -0.4 is 0 Å². The lowest BCUT2D eigenvalue weighted by atomic mass is 9.81. The number of carbonyl (C=O) groups excluding carboxylic acids is 4. The van der Waals surface area contributed by atoms with Crippen molar-refractivity contribution in [1.29, 1.82) is 0 Å². The molecule has 1 saturated carbocycles. The molecule has 3 unspecified atom stereocenters. The van der Waals surface area contributed by atoms with E-state index in [2.05, 4.69) is 73.4 Å². The van der Waals surface area contributed by atoms with E-state index < -0.39 is 11.8 Å². The number of hydrogen-bond donors (Lipinski definition) is 1. The summed E-state index contributed by atoms with van der Waals surface area (Å²) in [5.74, 6) is 1.00. The van der Waals surface area contributed by atoms with Gasteiger partial charge in [0.25, 0.3) is 0 Å². The molecule has 9 rings (SSSR count). The summed E-state index contributed by atoms with van der Waals surface area (Å²) in [4.78, 5) is 69.9. The minimum Gasteiger partial charge on any atom is -0.469 e. The highest BCUT2D eigenvalue weighted by molar-refractivity contribution is 6.01. The van der Waals surface area contributed by atoms with E-state index >= 15 is 0 Å². The molecule has 342 valence electrons. The molecule has 5 aliphatic rings. The predicted octanol–water partition coefficient (Wildman–Crippen LogP) is 10.2. The number of fused-ring (bicyclic) bond motifs is 6. The highest BCUT2D eigenvalue weighted by atomic mass is 16.5. The van der Waals surface area contributed by atoms with Gasteiger partial charge >= 0.3 is 11.9 Å². The first kappa shape index (κ1) is 44.6. The second kappa shape index (κ2) is 18.0. The molecule has 2 amide bonds. The number of imidazole rings is 1. The molecule has 65 heavy (non-hydrogen) atoms. The SMILES string of the molecule is COC(=O)C[C@H](C(=O)N1C[C@H](C)CC1c1ncc(-c2ccc(-c3ccc(-c4ccc5c(c4)CC([C@@H]4C[C@@H](C)CN4C(=O)[C@@H](CC(=O)OC)C(C)C)=N5)c4c3C3CCC4C3)cc2)[nH]1)C(C)C. The molecular weight excluding hydrogens is 815 g/mol. The number of nitrogens with zero attached hydrogens (tertiary/aromatic N) is 4. The van der Waals surface area contributed by atoms with Crippen LogP contribution in [-0.4, -0.2) is 82.6 Å². The van der Waals surface area contributed by atoms with Crippen LogP contribution in [0.2, 0.25) is 0 Å². The fourth-order valence-corrected chi connectivity index (χ4v) is 11.9. The van der Waals surface area contributed by atoms with Crippen molar-refractivity contribution in [3.05, 3.63) is 83.3 Å². The molecule has 0 spiro atoms. The second-order valence-corrected chi connectivity index (χ2v) is 20.5. The number of benzene rings is 3. The molecule has 0 radical (unpaired) electrons. The zero-order valence-corrected chi connectivity index (χ0v) is 39.4. The Morgan fingerprint density at radius 1 is 0.692 bits per heavy atom. The van der Waals surface area contributed by atoms with Gasteiger partial charge in [-0.1, -0.05) is 84.0 Å². The number of methoxy groups -OCH3 is 2. The van der Waals surface area contributed by atoms with Crippen LogP contribution in [0.15, 0.2) is 65.8 Å². The Labute approximate surface area is 383 Å². The molecule has 2 saturated heterocycles. The van der Waals surface area contributed by atoms with Crippen LogP contribution in [0.4, 0.5) is 5.69 Å². The number of aromatic amines is 1. The molecule has 3 aromatic carbocycles. The first-order chi connectivity index (χ1) is 31.2. The molecule has 4 aromatic rings. The van der Waals surface area contributed by atoms with Gasteiger partial charge in [0.05, 0.1) is 68.6 Å². The number of aliphatic imine (C=N–C) groups is 1. The number of rotatable bonds is 13. The van der Waals surface area contributed by atoms with Crippen molar-refractivity contribution in [2.75, 3.05) is 27.3 Å². The lowest BCUT2D eigenvalue weighted by molar-refractivity contribution is -0.148. The molecular formula is C54H65N5O6. The summed E-state index contributed by atoms with van der Waals surface area (Å²) in [5, 5.41) is 0. The molecule has 11 nitrogen and oxygen atoms in total. The molecule has 2 bridgehead atoms. The van der Waals surface area contributed by atoms with Crippen molar-refractivity contribution in [1.82, 2.24) is 19.8 Å². The first-order valence-corrected chi connectivity index (χ1v) is 24.0. The van der Waals surface area contributed by atoms with Gasteiger partial charge in [-0.3, -0.25) is 24.2 Å². The number of ether oxygens (including phenoxy) is 2. The van der Waals surface area contributed by atoms with E-state index in [1.165, 1.54) is 72.4 Å². The zero-order chi connectivity index (χ0) is 45.8. The normalized spacial score (nSPS) is 24.1. The first-order valence-electron chi connectivity index (χ1n) is 24.0. The van der Waals surface area contributed by atoms with Crippen LogP contribution in [0.1, 0.15) is 127 Å². The van der Waals surface area contributed by atoms with Crippen LogP contribution in [0.25, 0.3) is 33.5 Å². The zero-order valence-electron chi connectivity index (χ0n) is 39.4. The summed E-state index contributed by atoms with van der Waals surface area (Å²) < 4.78 is 9.89. The Morgan fingerprint density at radius 3 is 1.78 bits per heavy atom. The lowest BCUT2D eigenvalue weighted by Gasteiger charge is -2.30. The van der Waals surface area contributed by atoms with E-state index in [0.717, 1.165) is 47.7 Å². The average Bonchev–Trinajstić information content (AvgIpc) is 4.17. The molecule has 3 aliphatic heterocycles. The third-order valence-electron chi connectivity index (χ3n) is 15.4. The Balaban J connectivity index is 0.933.